The lowest BCUT2D eigenvalue weighted by Gasteiger charge is -2.24. The zero-order chi connectivity index (χ0) is 13.3. The van der Waals surface area contributed by atoms with Gasteiger partial charge in [0.2, 0.25) is 10.0 Å². The van der Waals surface area contributed by atoms with E-state index in [2.05, 4.69) is 20.7 Å². The summed E-state index contributed by atoms with van der Waals surface area (Å²) in [5.41, 5.74) is 5.84. The quantitative estimate of drug-likeness (QED) is 0.888. The van der Waals surface area contributed by atoms with Crippen molar-refractivity contribution in [2.75, 3.05) is 6.54 Å². The van der Waals surface area contributed by atoms with Crippen LogP contribution in [0.5, 0.6) is 0 Å². The molecule has 0 aliphatic rings. The van der Waals surface area contributed by atoms with Crippen LogP contribution in [0.25, 0.3) is 0 Å². The van der Waals surface area contributed by atoms with Crippen molar-refractivity contribution in [2.45, 2.75) is 31.2 Å². The van der Waals surface area contributed by atoms with E-state index in [4.69, 9.17) is 5.73 Å². The average Bonchev–Trinajstić information content (AvgIpc) is 2.20. The third-order valence-electron chi connectivity index (χ3n) is 2.37. The first kappa shape index (κ1) is 14.6. The highest BCUT2D eigenvalue weighted by Crippen LogP contribution is 2.21. The minimum atomic E-state index is -3.53. The number of halogens is 1. The summed E-state index contributed by atoms with van der Waals surface area (Å²) < 4.78 is 27.5. The van der Waals surface area contributed by atoms with Gasteiger partial charge < -0.3 is 5.73 Å². The van der Waals surface area contributed by atoms with Gasteiger partial charge in [-0.3, -0.25) is 0 Å². The van der Waals surface area contributed by atoms with Gasteiger partial charge in [0.25, 0.3) is 0 Å². The Balaban J connectivity index is 3.10. The predicted octanol–water partition coefficient (Wildman–Crippen LogP) is 1.77. The number of hydrogen-bond acceptors (Lipinski definition) is 3. The van der Waals surface area contributed by atoms with Crippen molar-refractivity contribution >= 4 is 26.0 Å². The summed E-state index contributed by atoms with van der Waals surface area (Å²) in [6.07, 6.45) is 0. The molecule has 6 heteroatoms. The van der Waals surface area contributed by atoms with Crippen molar-refractivity contribution in [1.29, 1.82) is 0 Å². The maximum absolute atomic E-state index is 12.1. The lowest BCUT2D eigenvalue weighted by molar-refractivity contribution is 0.462. The molecule has 1 aromatic carbocycles. The smallest absolute Gasteiger partial charge is 0.241 e. The molecule has 0 amide bonds. The molecule has 0 saturated heterocycles. The molecule has 1 aromatic rings. The Morgan fingerprint density at radius 1 is 1.41 bits per heavy atom. The Labute approximate surface area is 111 Å². The monoisotopic (exact) mass is 320 g/mol. The molecule has 0 spiro atoms. The van der Waals surface area contributed by atoms with Crippen LogP contribution in [0.3, 0.4) is 0 Å². The van der Waals surface area contributed by atoms with Crippen molar-refractivity contribution in [3.05, 3.63) is 28.2 Å². The molecule has 4 nitrogen and oxygen atoms in total. The molecule has 3 N–H and O–H groups in total. The minimum absolute atomic E-state index is 0.233. The topological polar surface area (TPSA) is 72.2 Å². The Morgan fingerprint density at radius 2 is 2.00 bits per heavy atom. The van der Waals surface area contributed by atoms with Crippen molar-refractivity contribution in [3.8, 4) is 0 Å². The van der Waals surface area contributed by atoms with Crippen LogP contribution in [0.4, 0.5) is 0 Å². The summed E-state index contributed by atoms with van der Waals surface area (Å²) in [6.45, 7) is 5.62. The number of aryl methyl sites for hydroxylation is 1. The summed E-state index contributed by atoms with van der Waals surface area (Å²) in [5, 5.41) is 0. The first-order chi connectivity index (χ1) is 7.68. The fraction of sp³-hybridized carbons (Fsp3) is 0.455. The minimum Gasteiger partial charge on any atom is -0.329 e. The molecule has 0 heterocycles. The molecule has 0 atom stereocenters. The number of nitrogens with one attached hydrogen (secondary N) is 1. The first-order valence-corrected chi connectivity index (χ1v) is 7.46. The number of sulfonamides is 1. The summed E-state index contributed by atoms with van der Waals surface area (Å²) in [4.78, 5) is 0.233. The third-order valence-corrected chi connectivity index (χ3v) is 4.92. The van der Waals surface area contributed by atoms with Crippen LogP contribution < -0.4 is 10.5 Å². The highest BCUT2D eigenvalue weighted by atomic mass is 79.9. The summed E-state index contributed by atoms with van der Waals surface area (Å²) in [6, 6.07) is 4.92. The number of rotatable bonds is 4. The molecule has 0 aliphatic heterocycles. The van der Waals surface area contributed by atoms with Crippen LogP contribution in [0.1, 0.15) is 19.4 Å². The van der Waals surface area contributed by atoms with Crippen LogP contribution in [0, 0.1) is 6.92 Å². The van der Waals surface area contributed by atoms with E-state index < -0.39 is 15.6 Å². The highest BCUT2D eigenvalue weighted by molar-refractivity contribution is 9.10. The van der Waals surface area contributed by atoms with Gasteiger partial charge in [-0.1, -0.05) is 22.0 Å². The van der Waals surface area contributed by atoms with Gasteiger partial charge in [0.05, 0.1) is 4.90 Å². The van der Waals surface area contributed by atoms with Gasteiger partial charge in [0.15, 0.2) is 0 Å². The van der Waals surface area contributed by atoms with Crippen molar-refractivity contribution in [2.24, 2.45) is 5.73 Å². The lowest BCUT2D eigenvalue weighted by atomic mass is 10.1. The Bertz CT molecular complexity index is 512. The molecule has 0 bridgehead atoms. The largest absolute Gasteiger partial charge is 0.329 e. The third kappa shape index (κ3) is 3.77. The van der Waals surface area contributed by atoms with Gasteiger partial charge in [-0.25, -0.2) is 13.1 Å². The standard InChI is InChI=1S/C11H17BrN2O2S/c1-8-4-5-9(6-10(8)12)17(15,16)14-11(2,3)7-13/h4-6,14H,7,13H2,1-3H3. The van der Waals surface area contributed by atoms with E-state index in [1.54, 1.807) is 32.0 Å². The highest BCUT2D eigenvalue weighted by Gasteiger charge is 2.25. The zero-order valence-electron chi connectivity index (χ0n) is 10.1. The van der Waals surface area contributed by atoms with E-state index in [9.17, 15) is 8.42 Å². The van der Waals surface area contributed by atoms with Gasteiger partial charge in [-0.05, 0) is 38.5 Å². The Morgan fingerprint density at radius 3 is 2.47 bits per heavy atom. The molecule has 0 aromatic heterocycles. The maximum Gasteiger partial charge on any atom is 0.241 e. The van der Waals surface area contributed by atoms with Gasteiger partial charge in [-0.15, -0.1) is 0 Å². The molecule has 0 fully saturated rings. The molecule has 0 unspecified atom stereocenters. The summed E-state index contributed by atoms with van der Waals surface area (Å²) >= 11 is 3.32. The van der Waals surface area contributed by atoms with E-state index >= 15 is 0 Å². The number of benzene rings is 1. The predicted molar refractivity (Wildman–Crippen MR) is 72.3 cm³/mol. The van der Waals surface area contributed by atoms with Gasteiger partial charge in [-0.2, -0.15) is 0 Å². The molecular weight excluding hydrogens is 304 g/mol. The van der Waals surface area contributed by atoms with Gasteiger partial charge in [0, 0.05) is 16.6 Å². The summed E-state index contributed by atoms with van der Waals surface area (Å²) in [5.74, 6) is 0. The van der Waals surface area contributed by atoms with Crippen LogP contribution in [0.15, 0.2) is 27.6 Å². The fourth-order valence-electron chi connectivity index (χ4n) is 1.21. The summed E-state index contributed by atoms with van der Waals surface area (Å²) in [7, 11) is -3.53. The molecule has 1 rings (SSSR count). The van der Waals surface area contributed by atoms with Crippen LogP contribution in [0.2, 0.25) is 0 Å². The maximum atomic E-state index is 12.1. The van der Waals surface area contributed by atoms with Crippen LogP contribution in [-0.4, -0.2) is 20.5 Å². The molecule has 17 heavy (non-hydrogen) atoms. The lowest BCUT2D eigenvalue weighted by Crippen LogP contribution is -2.48. The second kappa shape index (κ2) is 5.06. The van der Waals surface area contributed by atoms with Crippen molar-refractivity contribution < 1.29 is 8.42 Å². The zero-order valence-corrected chi connectivity index (χ0v) is 12.5. The van der Waals surface area contributed by atoms with E-state index in [-0.39, 0.29) is 11.4 Å². The van der Waals surface area contributed by atoms with E-state index in [1.807, 2.05) is 6.92 Å². The van der Waals surface area contributed by atoms with Gasteiger partial charge in [0.1, 0.15) is 0 Å². The van der Waals surface area contributed by atoms with Crippen LogP contribution in [-0.2, 0) is 10.0 Å². The first-order valence-electron chi connectivity index (χ1n) is 5.18. The van der Waals surface area contributed by atoms with Crippen molar-refractivity contribution in [3.63, 3.8) is 0 Å². The number of nitrogens with two attached hydrogens (primary N) is 1. The number of hydrogen-bond donors (Lipinski definition) is 2. The molecule has 0 aliphatic carbocycles. The second-order valence-electron chi connectivity index (χ2n) is 4.60. The molecule has 96 valence electrons. The molecular formula is C11H17BrN2O2S. The fourth-order valence-corrected chi connectivity index (χ4v) is 3.18. The molecule has 0 radical (unpaired) electrons. The normalized spacial score (nSPS) is 12.8. The molecule has 0 saturated carbocycles. The van der Waals surface area contributed by atoms with Crippen LogP contribution >= 0.6 is 15.9 Å². The van der Waals surface area contributed by atoms with E-state index in [1.165, 1.54) is 0 Å². The Hall–Kier alpha value is -0.430. The second-order valence-corrected chi connectivity index (χ2v) is 7.14. The van der Waals surface area contributed by atoms with Gasteiger partial charge >= 0.3 is 0 Å². The SMILES string of the molecule is Cc1ccc(S(=O)(=O)NC(C)(C)CN)cc1Br. The Kier molecular flexibility index (Phi) is 4.35. The van der Waals surface area contributed by atoms with E-state index in [0.29, 0.717) is 0 Å². The average molecular weight is 321 g/mol. The van der Waals surface area contributed by atoms with Crippen molar-refractivity contribution in [1.82, 2.24) is 4.72 Å². The van der Waals surface area contributed by atoms with E-state index in [0.717, 1.165) is 10.0 Å².